The van der Waals surface area contributed by atoms with E-state index in [1.165, 1.54) is 35.6 Å². The van der Waals surface area contributed by atoms with Crippen molar-refractivity contribution in [2.75, 3.05) is 4.90 Å². The van der Waals surface area contributed by atoms with E-state index in [0.29, 0.717) is 17.2 Å². The van der Waals surface area contributed by atoms with E-state index in [2.05, 4.69) is 18.0 Å². The van der Waals surface area contributed by atoms with E-state index in [0.717, 1.165) is 27.9 Å². The number of fused-ring (bicyclic) bond motifs is 1. The van der Waals surface area contributed by atoms with Gasteiger partial charge in [-0.1, -0.05) is 36.5 Å². The number of para-hydroxylation sites is 1. The largest absolute Gasteiger partial charge is 0.278 e. The Balaban J connectivity index is 1.78. The van der Waals surface area contributed by atoms with Crippen molar-refractivity contribution in [2.24, 2.45) is 0 Å². The number of thiazole rings is 1. The average Bonchev–Trinajstić information content (AvgIpc) is 3.17. The van der Waals surface area contributed by atoms with Crippen LogP contribution in [0.25, 0.3) is 10.2 Å². The fraction of sp³-hybridized carbons (Fsp3) is 0.136. The molecule has 0 aliphatic rings. The summed E-state index contributed by atoms with van der Waals surface area (Å²) in [6.07, 6.45) is 2.57. The Morgan fingerprint density at radius 1 is 1.07 bits per heavy atom. The molecule has 0 fully saturated rings. The fourth-order valence-electron chi connectivity index (χ4n) is 3.02. The molecule has 0 atom stereocenters. The van der Waals surface area contributed by atoms with Gasteiger partial charge in [0.05, 0.1) is 22.5 Å². The molecule has 4 rings (SSSR count). The number of carbonyl (C=O) groups is 1. The summed E-state index contributed by atoms with van der Waals surface area (Å²) >= 11 is 1.47. The number of aromatic nitrogens is 2. The van der Waals surface area contributed by atoms with Gasteiger partial charge >= 0.3 is 0 Å². The Labute approximate surface area is 166 Å². The van der Waals surface area contributed by atoms with Crippen molar-refractivity contribution in [1.29, 1.82) is 0 Å². The molecule has 2 aromatic heterocycles. The lowest BCUT2D eigenvalue weighted by molar-refractivity contribution is 0.0985. The van der Waals surface area contributed by atoms with Crippen LogP contribution < -0.4 is 4.90 Å². The monoisotopic (exact) mass is 391 g/mol. The predicted octanol–water partition coefficient (Wildman–Crippen LogP) is 5.24. The van der Waals surface area contributed by atoms with Gasteiger partial charge in [0.25, 0.3) is 5.91 Å². The van der Waals surface area contributed by atoms with Gasteiger partial charge in [-0.15, -0.1) is 0 Å². The van der Waals surface area contributed by atoms with E-state index < -0.39 is 0 Å². The van der Waals surface area contributed by atoms with Gasteiger partial charge in [-0.05, 0) is 54.4 Å². The molecule has 0 radical (unpaired) electrons. The van der Waals surface area contributed by atoms with Gasteiger partial charge in [-0.25, -0.2) is 9.37 Å². The maximum atomic E-state index is 13.3. The van der Waals surface area contributed by atoms with Crippen LogP contribution in [0.1, 0.15) is 28.5 Å². The van der Waals surface area contributed by atoms with Crippen LogP contribution in [0.15, 0.2) is 66.9 Å². The minimum absolute atomic E-state index is 0.234. The van der Waals surface area contributed by atoms with Crippen molar-refractivity contribution in [3.63, 3.8) is 0 Å². The quantitative estimate of drug-likeness (QED) is 0.467. The first-order chi connectivity index (χ1) is 13.7. The Hall–Kier alpha value is -3.12. The molecule has 28 heavy (non-hydrogen) atoms. The van der Waals surface area contributed by atoms with Crippen LogP contribution >= 0.6 is 11.3 Å². The molecule has 0 saturated heterocycles. The smallest absolute Gasteiger partial charge is 0.260 e. The first-order valence-electron chi connectivity index (χ1n) is 9.01. The number of halogens is 1. The zero-order valence-corrected chi connectivity index (χ0v) is 16.1. The molecule has 0 aliphatic heterocycles. The van der Waals surface area contributed by atoms with Crippen molar-refractivity contribution in [2.45, 2.75) is 19.9 Å². The first-order valence-corrected chi connectivity index (χ1v) is 9.83. The summed E-state index contributed by atoms with van der Waals surface area (Å²) in [6, 6.07) is 17.2. The van der Waals surface area contributed by atoms with Gasteiger partial charge < -0.3 is 0 Å². The van der Waals surface area contributed by atoms with Gasteiger partial charge in [-0.2, -0.15) is 0 Å². The molecule has 0 bridgehead atoms. The zero-order valence-electron chi connectivity index (χ0n) is 15.3. The van der Waals surface area contributed by atoms with Crippen LogP contribution in [-0.4, -0.2) is 15.9 Å². The molecule has 1 amide bonds. The lowest BCUT2D eigenvalue weighted by Crippen LogP contribution is -2.30. The lowest BCUT2D eigenvalue weighted by Gasteiger charge is -2.19. The van der Waals surface area contributed by atoms with Crippen LogP contribution in [0.2, 0.25) is 0 Å². The van der Waals surface area contributed by atoms with E-state index in [-0.39, 0.29) is 11.7 Å². The molecular weight excluding hydrogens is 373 g/mol. The van der Waals surface area contributed by atoms with E-state index in [1.807, 2.05) is 30.3 Å². The van der Waals surface area contributed by atoms with Crippen molar-refractivity contribution in [3.8, 4) is 0 Å². The fourth-order valence-corrected chi connectivity index (χ4v) is 4.03. The summed E-state index contributed by atoms with van der Waals surface area (Å²) in [5.41, 5.74) is 3.23. The molecular formula is C22H18FN3OS. The van der Waals surface area contributed by atoms with E-state index >= 15 is 0 Å². The second-order valence-corrected chi connectivity index (χ2v) is 7.34. The van der Waals surface area contributed by atoms with E-state index in [1.54, 1.807) is 11.1 Å². The van der Waals surface area contributed by atoms with Crippen molar-refractivity contribution >= 4 is 32.6 Å². The highest BCUT2D eigenvalue weighted by atomic mass is 32.1. The SMILES string of the molecule is CCc1cccc2sc(N(Cc3ccccn3)C(=O)c3ccc(F)cc3)nc12. The summed E-state index contributed by atoms with van der Waals surface area (Å²) in [6.45, 7) is 2.38. The number of anilines is 1. The Bertz CT molecular complexity index is 1110. The third kappa shape index (κ3) is 3.64. The highest BCUT2D eigenvalue weighted by Crippen LogP contribution is 2.32. The van der Waals surface area contributed by atoms with Crippen LogP contribution in [0, 0.1) is 5.82 Å². The number of nitrogens with zero attached hydrogens (tertiary/aromatic N) is 3. The van der Waals surface area contributed by atoms with Gasteiger partial charge in [0, 0.05) is 11.8 Å². The van der Waals surface area contributed by atoms with Crippen molar-refractivity contribution < 1.29 is 9.18 Å². The van der Waals surface area contributed by atoms with Crippen LogP contribution in [0.4, 0.5) is 9.52 Å². The molecule has 4 nitrogen and oxygen atoms in total. The van der Waals surface area contributed by atoms with Crippen LogP contribution in [0.5, 0.6) is 0 Å². The number of carbonyl (C=O) groups excluding carboxylic acids is 1. The maximum Gasteiger partial charge on any atom is 0.260 e. The predicted molar refractivity (Wildman–Crippen MR) is 110 cm³/mol. The first kappa shape index (κ1) is 18.3. The molecule has 6 heteroatoms. The van der Waals surface area contributed by atoms with E-state index in [9.17, 15) is 9.18 Å². The molecule has 140 valence electrons. The molecule has 2 heterocycles. The Morgan fingerprint density at radius 2 is 1.89 bits per heavy atom. The van der Waals surface area contributed by atoms with E-state index in [4.69, 9.17) is 4.98 Å². The highest BCUT2D eigenvalue weighted by molar-refractivity contribution is 7.22. The number of rotatable bonds is 5. The van der Waals surface area contributed by atoms with Gasteiger partial charge in [-0.3, -0.25) is 14.7 Å². The molecule has 4 aromatic rings. The topological polar surface area (TPSA) is 46.1 Å². The van der Waals surface area contributed by atoms with Gasteiger partial charge in [0.15, 0.2) is 5.13 Å². The summed E-state index contributed by atoms with van der Waals surface area (Å²) in [7, 11) is 0. The van der Waals surface area contributed by atoms with Crippen molar-refractivity contribution in [3.05, 3.63) is 89.5 Å². The molecule has 2 aromatic carbocycles. The summed E-state index contributed by atoms with van der Waals surface area (Å²) < 4.78 is 14.3. The number of amides is 1. The second kappa shape index (κ2) is 7.86. The zero-order chi connectivity index (χ0) is 19.5. The van der Waals surface area contributed by atoms with Gasteiger partial charge in [0.1, 0.15) is 5.82 Å². The Morgan fingerprint density at radius 3 is 2.61 bits per heavy atom. The number of hydrogen-bond acceptors (Lipinski definition) is 4. The normalized spacial score (nSPS) is 10.9. The second-order valence-electron chi connectivity index (χ2n) is 6.33. The third-order valence-electron chi connectivity index (χ3n) is 4.49. The van der Waals surface area contributed by atoms with Crippen LogP contribution in [0.3, 0.4) is 0 Å². The molecule has 0 N–H and O–H groups in total. The van der Waals surface area contributed by atoms with Crippen molar-refractivity contribution in [1.82, 2.24) is 9.97 Å². The molecule has 0 saturated carbocycles. The number of benzene rings is 2. The van der Waals surface area contributed by atoms with Crippen LogP contribution in [-0.2, 0) is 13.0 Å². The average molecular weight is 391 g/mol. The molecule has 0 unspecified atom stereocenters. The Kier molecular flexibility index (Phi) is 5.12. The summed E-state index contributed by atoms with van der Waals surface area (Å²) in [5.74, 6) is -0.608. The number of pyridine rings is 1. The molecule has 0 spiro atoms. The number of aryl methyl sites for hydroxylation is 1. The maximum absolute atomic E-state index is 13.3. The third-order valence-corrected chi connectivity index (χ3v) is 5.53. The lowest BCUT2D eigenvalue weighted by atomic mass is 10.1. The molecule has 0 aliphatic carbocycles. The minimum atomic E-state index is -0.375. The van der Waals surface area contributed by atoms with Gasteiger partial charge in [0.2, 0.25) is 0 Å². The summed E-state index contributed by atoms with van der Waals surface area (Å²) in [5, 5.41) is 0.607. The highest BCUT2D eigenvalue weighted by Gasteiger charge is 2.22. The standard InChI is InChI=1S/C22H18FN3OS/c1-2-15-6-5-8-19-20(15)25-22(28-19)26(14-18-7-3-4-13-24-18)21(27)16-9-11-17(23)12-10-16/h3-13H,2,14H2,1H3. The number of hydrogen-bond donors (Lipinski definition) is 0. The summed E-state index contributed by atoms with van der Waals surface area (Å²) in [4.78, 5) is 24.0. The minimum Gasteiger partial charge on any atom is -0.278 e.